The maximum Gasteiger partial charge on any atom is 0.256 e. The molecule has 0 aromatic heterocycles. The first-order chi connectivity index (χ1) is 13.6. The fourth-order valence-electron chi connectivity index (χ4n) is 3.58. The summed E-state index contributed by atoms with van der Waals surface area (Å²) in [4.78, 5) is 16.6. The first kappa shape index (κ1) is 17.7. The minimum atomic E-state index is -0.451. The highest BCUT2D eigenvalue weighted by molar-refractivity contribution is 5.96. The van der Waals surface area contributed by atoms with Crippen molar-refractivity contribution in [2.75, 3.05) is 0 Å². The quantitative estimate of drug-likeness (QED) is 0.420. The molecule has 4 heteroatoms. The second kappa shape index (κ2) is 7.53. The number of fused-ring (bicyclic) bond motifs is 2. The summed E-state index contributed by atoms with van der Waals surface area (Å²) >= 11 is 0. The van der Waals surface area contributed by atoms with E-state index in [9.17, 15) is 4.79 Å². The molecule has 4 aromatic carbocycles. The third-order valence-electron chi connectivity index (χ3n) is 4.97. The molecule has 0 bridgehead atoms. The van der Waals surface area contributed by atoms with Gasteiger partial charge in [-0.15, -0.1) is 0 Å². The molecule has 0 aliphatic carbocycles. The standard InChI is InChI=1S/C24H21N3O/c25-24(26)27-23(28)22(21-12-11-18-6-2-4-8-20(18)15-21)14-16-9-10-17-5-1-3-7-19(17)13-16/h1-13,15,22H,14H2,(H4,25,26,27,28)/t22-/m0/s1. The van der Waals surface area contributed by atoms with E-state index in [0.717, 1.165) is 27.3 Å². The molecule has 0 aliphatic heterocycles. The van der Waals surface area contributed by atoms with Crippen molar-refractivity contribution in [2.45, 2.75) is 12.3 Å². The van der Waals surface area contributed by atoms with Crippen molar-refractivity contribution in [1.29, 1.82) is 0 Å². The van der Waals surface area contributed by atoms with Crippen LogP contribution >= 0.6 is 0 Å². The first-order valence-corrected chi connectivity index (χ1v) is 9.20. The van der Waals surface area contributed by atoms with Gasteiger partial charge < -0.3 is 11.5 Å². The lowest BCUT2D eigenvalue weighted by Gasteiger charge is -2.16. The van der Waals surface area contributed by atoms with Gasteiger partial charge in [0.2, 0.25) is 0 Å². The Morgan fingerprint density at radius 2 is 1.32 bits per heavy atom. The Bertz CT molecular complexity index is 1190. The number of benzene rings is 4. The zero-order chi connectivity index (χ0) is 19.5. The van der Waals surface area contributed by atoms with Gasteiger partial charge in [0.15, 0.2) is 5.96 Å². The number of nitrogens with two attached hydrogens (primary N) is 2. The van der Waals surface area contributed by atoms with Gasteiger partial charge in [0.1, 0.15) is 0 Å². The van der Waals surface area contributed by atoms with Crippen molar-refractivity contribution in [3.8, 4) is 0 Å². The number of carbonyl (C=O) groups is 1. The van der Waals surface area contributed by atoms with Crippen LogP contribution in [0.15, 0.2) is 89.9 Å². The highest BCUT2D eigenvalue weighted by atomic mass is 16.1. The summed E-state index contributed by atoms with van der Waals surface area (Å²) in [5.74, 6) is -0.995. The van der Waals surface area contributed by atoms with E-state index in [2.05, 4.69) is 41.4 Å². The molecule has 0 fully saturated rings. The average Bonchev–Trinajstić information content (AvgIpc) is 2.71. The van der Waals surface area contributed by atoms with E-state index in [1.165, 1.54) is 5.39 Å². The Hall–Kier alpha value is -3.66. The Morgan fingerprint density at radius 3 is 1.96 bits per heavy atom. The largest absolute Gasteiger partial charge is 0.370 e. The van der Waals surface area contributed by atoms with Crippen molar-refractivity contribution < 1.29 is 4.79 Å². The molecule has 0 heterocycles. The Balaban J connectivity index is 1.75. The van der Waals surface area contributed by atoms with Crippen LogP contribution in [0.1, 0.15) is 17.0 Å². The smallest absolute Gasteiger partial charge is 0.256 e. The van der Waals surface area contributed by atoms with Crippen molar-refractivity contribution in [2.24, 2.45) is 16.5 Å². The van der Waals surface area contributed by atoms with Gasteiger partial charge >= 0.3 is 0 Å². The minimum Gasteiger partial charge on any atom is -0.370 e. The van der Waals surface area contributed by atoms with Crippen LogP contribution in [0.4, 0.5) is 0 Å². The molecule has 0 saturated heterocycles. The average molecular weight is 367 g/mol. The number of amides is 1. The first-order valence-electron chi connectivity index (χ1n) is 9.20. The van der Waals surface area contributed by atoms with Gasteiger partial charge in [0, 0.05) is 0 Å². The van der Waals surface area contributed by atoms with Gasteiger partial charge in [0.05, 0.1) is 5.92 Å². The molecule has 0 saturated carbocycles. The second-order valence-electron chi connectivity index (χ2n) is 6.92. The maximum atomic E-state index is 12.8. The van der Waals surface area contributed by atoms with E-state index >= 15 is 0 Å². The van der Waals surface area contributed by atoms with E-state index in [1.807, 2.05) is 48.5 Å². The summed E-state index contributed by atoms with van der Waals surface area (Å²) < 4.78 is 0. The summed E-state index contributed by atoms with van der Waals surface area (Å²) in [5, 5.41) is 4.53. The number of aliphatic imine (C=N–C) groups is 1. The molecule has 1 amide bonds. The van der Waals surface area contributed by atoms with Crippen molar-refractivity contribution >= 4 is 33.4 Å². The van der Waals surface area contributed by atoms with Crippen LogP contribution in [-0.4, -0.2) is 11.9 Å². The van der Waals surface area contributed by atoms with Crippen LogP contribution < -0.4 is 11.5 Å². The summed E-state index contributed by atoms with van der Waals surface area (Å²) in [6.45, 7) is 0. The SMILES string of the molecule is NC(N)=NC(=O)[C@@H](Cc1ccc2ccccc2c1)c1ccc2ccccc2c1. The summed E-state index contributed by atoms with van der Waals surface area (Å²) in [5.41, 5.74) is 12.9. The van der Waals surface area contributed by atoms with Gasteiger partial charge in [-0.2, -0.15) is 4.99 Å². The molecular formula is C24H21N3O. The van der Waals surface area contributed by atoms with E-state index in [-0.39, 0.29) is 11.9 Å². The van der Waals surface area contributed by atoms with Gasteiger partial charge in [-0.3, -0.25) is 4.79 Å². The highest BCUT2D eigenvalue weighted by Crippen LogP contribution is 2.27. The molecule has 28 heavy (non-hydrogen) atoms. The highest BCUT2D eigenvalue weighted by Gasteiger charge is 2.21. The van der Waals surface area contributed by atoms with Crippen LogP contribution in [0.5, 0.6) is 0 Å². The van der Waals surface area contributed by atoms with Crippen LogP contribution in [0.3, 0.4) is 0 Å². The Kier molecular flexibility index (Phi) is 4.77. The third-order valence-corrected chi connectivity index (χ3v) is 4.97. The topological polar surface area (TPSA) is 81.5 Å². The zero-order valence-corrected chi connectivity index (χ0v) is 15.4. The third kappa shape index (κ3) is 3.71. The monoisotopic (exact) mass is 367 g/mol. The molecule has 4 N–H and O–H groups in total. The van der Waals surface area contributed by atoms with E-state index in [4.69, 9.17) is 11.5 Å². The van der Waals surface area contributed by atoms with E-state index in [0.29, 0.717) is 6.42 Å². The summed E-state index contributed by atoms with van der Waals surface area (Å²) in [6.07, 6.45) is 0.527. The number of rotatable bonds is 4. The van der Waals surface area contributed by atoms with Crippen LogP contribution in [0, 0.1) is 0 Å². The lowest BCUT2D eigenvalue weighted by Crippen LogP contribution is -2.26. The fraction of sp³-hybridized carbons (Fsp3) is 0.0833. The molecular weight excluding hydrogens is 346 g/mol. The van der Waals surface area contributed by atoms with Gasteiger partial charge in [-0.05, 0) is 39.1 Å². The zero-order valence-electron chi connectivity index (χ0n) is 15.4. The van der Waals surface area contributed by atoms with Crippen LogP contribution in [0.25, 0.3) is 21.5 Å². The van der Waals surface area contributed by atoms with E-state index in [1.54, 1.807) is 0 Å². The van der Waals surface area contributed by atoms with Crippen molar-refractivity contribution in [3.05, 3.63) is 96.1 Å². The molecule has 0 unspecified atom stereocenters. The van der Waals surface area contributed by atoms with Gasteiger partial charge in [-0.1, -0.05) is 84.9 Å². The molecule has 0 radical (unpaired) electrons. The Morgan fingerprint density at radius 1 is 0.750 bits per heavy atom. The summed E-state index contributed by atoms with van der Waals surface area (Å²) in [6, 6.07) is 28.5. The molecule has 0 aliphatic rings. The van der Waals surface area contributed by atoms with Crippen molar-refractivity contribution in [3.63, 3.8) is 0 Å². The molecule has 4 rings (SSSR count). The maximum absolute atomic E-state index is 12.8. The predicted molar refractivity (Wildman–Crippen MR) is 115 cm³/mol. The lowest BCUT2D eigenvalue weighted by atomic mass is 9.89. The van der Waals surface area contributed by atoms with E-state index < -0.39 is 5.92 Å². The number of hydrogen-bond donors (Lipinski definition) is 2. The van der Waals surface area contributed by atoms with Crippen molar-refractivity contribution in [1.82, 2.24) is 0 Å². The Labute approximate surface area is 163 Å². The molecule has 138 valence electrons. The summed E-state index contributed by atoms with van der Waals surface area (Å²) in [7, 11) is 0. The number of carbonyl (C=O) groups excluding carboxylic acids is 1. The molecule has 4 aromatic rings. The van der Waals surface area contributed by atoms with Crippen LogP contribution in [0.2, 0.25) is 0 Å². The number of hydrogen-bond acceptors (Lipinski definition) is 1. The van der Waals surface area contributed by atoms with Gasteiger partial charge in [0.25, 0.3) is 5.91 Å². The molecule has 0 spiro atoms. The lowest BCUT2D eigenvalue weighted by molar-refractivity contribution is -0.119. The predicted octanol–water partition coefficient (Wildman–Crippen LogP) is 4.12. The number of nitrogens with zero attached hydrogens (tertiary/aromatic N) is 1. The normalized spacial score (nSPS) is 12.0. The van der Waals surface area contributed by atoms with Crippen LogP contribution in [-0.2, 0) is 11.2 Å². The minimum absolute atomic E-state index is 0.214. The van der Waals surface area contributed by atoms with Gasteiger partial charge in [-0.25, -0.2) is 0 Å². The second-order valence-corrected chi connectivity index (χ2v) is 6.92. The molecule has 1 atom stereocenters. The number of guanidine groups is 1. The fourth-order valence-corrected chi connectivity index (χ4v) is 3.58. The molecule has 4 nitrogen and oxygen atoms in total.